The van der Waals surface area contributed by atoms with Gasteiger partial charge in [0.15, 0.2) is 6.61 Å². The lowest BCUT2D eigenvalue weighted by Gasteiger charge is -2.24. The third-order valence-electron chi connectivity index (χ3n) is 3.57. The molecule has 0 aromatic heterocycles. The van der Waals surface area contributed by atoms with Crippen LogP contribution in [-0.4, -0.2) is 48.2 Å². The zero-order valence-electron chi connectivity index (χ0n) is 14.7. The molecule has 1 saturated heterocycles. The Morgan fingerprint density at radius 1 is 1.36 bits per heavy atom. The second-order valence-corrected chi connectivity index (χ2v) is 6.88. The van der Waals surface area contributed by atoms with Crippen molar-refractivity contribution < 1.29 is 19.1 Å². The second-order valence-electron chi connectivity index (χ2n) is 6.88. The van der Waals surface area contributed by atoms with Gasteiger partial charge in [-0.2, -0.15) is 5.26 Å². The third-order valence-corrected chi connectivity index (χ3v) is 3.57. The zero-order valence-corrected chi connectivity index (χ0v) is 14.7. The fourth-order valence-electron chi connectivity index (χ4n) is 2.47. The first-order valence-electron chi connectivity index (χ1n) is 8.18. The molecule has 0 bridgehead atoms. The second kappa shape index (κ2) is 7.88. The average molecular weight is 345 g/mol. The summed E-state index contributed by atoms with van der Waals surface area (Å²) in [6.07, 6.45) is 0.295. The molecular weight excluding hydrogens is 322 g/mol. The number of benzene rings is 1. The number of ether oxygens (including phenoxy) is 2. The van der Waals surface area contributed by atoms with Crippen molar-refractivity contribution in [3.05, 3.63) is 29.8 Å². The highest BCUT2D eigenvalue weighted by molar-refractivity contribution is 5.78. The van der Waals surface area contributed by atoms with Gasteiger partial charge in [0, 0.05) is 19.1 Å². The molecule has 1 fully saturated rings. The van der Waals surface area contributed by atoms with Crippen molar-refractivity contribution in [2.45, 2.75) is 38.8 Å². The lowest BCUT2D eigenvalue weighted by atomic mass is 10.2. The van der Waals surface area contributed by atoms with E-state index in [9.17, 15) is 9.59 Å². The van der Waals surface area contributed by atoms with Crippen molar-refractivity contribution in [3.8, 4) is 11.8 Å². The van der Waals surface area contributed by atoms with Crippen molar-refractivity contribution in [1.29, 1.82) is 5.26 Å². The van der Waals surface area contributed by atoms with Crippen LogP contribution in [0, 0.1) is 11.3 Å². The summed E-state index contributed by atoms with van der Waals surface area (Å²) in [5.41, 5.74) is -0.160. The van der Waals surface area contributed by atoms with Crippen LogP contribution in [-0.2, 0) is 9.53 Å². The summed E-state index contributed by atoms with van der Waals surface area (Å²) in [6.45, 7) is 6.22. The van der Waals surface area contributed by atoms with Crippen LogP contribution in [0.5, 0.6) is 5.75 Å². The molecule has 0 unspecified atom stereocenters. The molecule has 0 radical (unpaired) electrons. The first-order valence-corrected chi connectivity index (χ1v) is 8.18. The SMILES string of the molecule is CC(C)(C)OC(=O)N1CC[C@@H](NC(=O)COc2ccccc2C#N)C1. The van der Waals surface area contributed by atoms with Crippen LogP contribution >= 0.6 is 0 Å². The van der Waals surface area contributed by atoms with Gasteiger partial charge < -0.3 is 19.7 Å². The first-order chi connectivity index (χ1) is 11.8. The Balaban J connectivity index is 1.78. The van der Waals surface area contributed by atoms with Gasteiger partial charge in [0.1, 0.15) is 17.4 Å². The van der Waals surface area contributed by atoms with Crippen LogP contribution in [0.1, 0.15) is 32.8 Å². The molecule has 0 saturated carbocycles. The monoisotopic (exact) mass is 345 g/mol. The van der Waals surface area contributed by atoms with Gasteiger partial charge in [-0.1, -0.05) is 12.1 Å². The largest absolute Gasteiger partial charge is 0.482 e. The highest BCUT2D eigenvalue weighted by atomic mass is 16.6. The third kappa shape index (κ3) is 5.68. The minimum absolute atomic E-state index is 0.130. The molecule has 1 aliphatic heterocycles. The van der Waals surface area contributed by atoms with E-state index in [1.54, 1.807) is 29.2 Å². The molecule has 2 rings (SSSR count). The summed E-state index contributed by atoms with van der Waals surface area (Å²) in [5, 5.41) is 11.8. The molecule has 1 aromatic carbocycles. The first kappa shape index (κ1) is 18.6. The van der Waals surface area contributed by atoms with Gasteiger partial charge in [-0.05, 0) is 39.3 Å². The minimum atomic E-state index is -0.541. The number of nitriles is 1. The number of para-hydroxylation sites is 1. The van der Waals surface area contributed by atoms with E-state index < -0.39 is 5.60 Å². The van der Waals surface area contributed by atoms with E-state index in [2.05, 4.69) is 5.32 Å². The Kier molecular flexibility index (Phi) is 5.86. The van der Waals surface area contributed by atoms with Crippen molar-refractivity contribution in [2.75, 3.05) is 19.7 Å². The molecule has 2 amide bonds. The van der Waals surface area contributed by atoms with Crippen LogP contribution in [0.15, 0.2) is 24.3 Å². The molecule has 1 N–H and O–H groups in total. The molecule has 1 aromatic rings. The van der Waals surface area contributed by atoms with Gasteiger partial charge >= 0.3 is 6.09 Å². The summed E-state index contributed by atoms with van der Waals surface area (Å²) < 4.78 is 10.7. The smallest absolute Gasteiger partial charge is 0.410 e. The van der Waals surface area contributed by atoms with Crippen LogP contribution < -0.4 is 10.1 Å². The van der Waals surface area contributed by atoms with Crippen LogP contribution in [0.3, 0.4) is 0 Å². The summed E-state index contributed by atoms with van der Waals surface area (Å²) >= 11 is 0. The Morgan fingerprint density at radius 2 is 2.08 bits per heavy atom. The number of nitrogens with zero attached hydrogens (tertiary/aromatic N) is 2. The quantitative estimate of drug-likeness (QED) is 0.902. The number of nitrogens with one attached hydrogen (secondary N) is 1. The maximum absolute atomic E-state index is 12.0. The van der Waals surface area contributed by atoms with Crippen molar-refractivity contribution in [3.63, 3.8) is 0 Å². The average Bonchev–Trinajstić information content (AvgIpc) is 3.00. The highest BCUT2D eigenvalue weighted by Gasteiger charge is 2.30. The van der Waals surface area contributed by atoms with E-state index in [4.69, 9.17) is 14.7 Å². The van der Waals surface area contributed by atoms with Crippen molar-refractivity contribution in [1.82, 2.24) is 10.2 Å². The molecular formula is C18H23N3O4. The number of carbonyl (C=O) groups excluding carboxylic acids is 2. The van der Waals surface area contributed by atoms with Crippen molar-refractivity contribution in [2.24, 2.45) is 0 Å². The molecule has 0 aliphatic carbocycles. The van der Waals surface area contributed by atoms with Crippen molar-refractivity contribution >= 4 is 12.0 Å². The molecule has 1 heterocycles. The van der Waals surface area contributed by atoms with Gasteiger partial charge in [0.2, 0.25) is 0 Å². The number of hydrogen-bond donors (Lipinski definition) is 1. The maximum atomic E-state index is 12.0. The van der Waals surface area contributed by atoms with E-state index in [1.165, 1.54) is 0 Å². The molecule has 1 aliphatic rings. The zero-order chi connectivity index (χ0) is 18.4. The summed E-state index contributed by atoms with van der Waals surface area (Å²) in [7, 11) is 0. The van der Waals surface area contributed by atoms with Gasteiger partial charge in [0.25, 0.3) is 5.91 Å². The topological polar surface area (TPSA) is 91.7 Å². The Labute approximate surface area is 147 Å². The molecule has 1 atom stereocenters. The highest BCUT2D eigenvalue weighted by Crippen LogP contribution is 2.17. The normalized spacial score (nSPS) is 16.9. The Morgan fingerprint density at radius 3 is 2.76 bits per heavy atom. The van der Waals surface area contributed by atoms with E-state index >= 15 is 0 Å². The van der Waals surface area contributed by atoms with Gasteiger partial charge in [-0.25, -0.2) is 4.79 Å². The molecule has 0 spiro atoms. The predicted octanol–water partition coefficient (Wildman–Crippen LogP) is 2.06. The Bertz CT molecular complexity index is 676. The van der Waals surface area contributed by atoms with E-state index in [-0.39, 0.29) is 24.6 Å². The molecule has 7 nitrogen and oxygen atoms in total. The van der Waals surface area contributed by atoms with E-state index in [0.29, 0.717) is 30.8 Å². The summed E-state index contributed by atoms with van der Waals surface area (Å²) in [6, 6.07) is 8.63. The van der Waals surface area contributed by atoms with Gasteiger partial charge in [-0.15, -0.1) is 0 Å². The van der Waals surface area contributed by atoms with E-state index in [1.807, 2.05) is 26.8 Å². The summed E-state index contributed by atoms with van der Waals surface area (Å²) in [5.74, 6) is 0.0886. The molecule has 7 heteroatoms. The minimum Gasteiger partial charge on any atom is -0.482 e. The number of likely N-dealkylation sites (tertiary alicyclic amines) is 1. The number of amides is 2. The fourth-order valence-corrected chi connectivity index (χ4v) is 2.47. The van der Waals surface area contributed by atoms with E-state index in [0.717, 1.165) is 0 Å². The van der Waals surface area contributed by atoms with Gasteiger partial charge in [-0.3, -0.25) is 4.79 Å². The molecule has 25 heavy (non-hydrogen) atoms. The molecule has 134 valence electrons. The number of hydrogen-bond acceptors (Lipinski definition) is 5. The lowest BCUT2D eigenvalue weighted by Crippen LogP contribution is -2.41. The van der Waals surface area contributed by atoms with Crippen LogP contribution in [0.2, 0.25) is 0 Å². The number of carbonyl (C=O) groups is 2. The fraction of sp³-hybridized carbons (Fsp3) is 0.500. The summed E-state index contributed by atoms with van der Waals surface area (Å²) in [4.78, 5) is 25.6. The maximum Gasteiger partial charge on any atom is 0.410 e. The van der Waals surface area contributed by atoms with Crippen LogP contribution in [0.25, 0.3) is 0 Å². The Hall–Kier alpha value is -2.75. The predicted molar refractivity (Wildman–Crippen MR) is 91.0 cm³/mol. The lowest BCUT2D eigenvalue weighted by molar-refractivity contribution is -0.123. The standard InChI is InChI=1S/C18H23N3O4/c1-18(2,3)25-17(23)21-9-8-14(11-21)20-16(22)12-24-15-7-5-4-6-13(15)10-19/h4-7,14H,8-9,11-12H2,1-3H3,(H,20,22)/t14-/m1/s1. The van der Waals surface area contributed by atoms with Crippen LogP contribution in [0.4, 0.5) is 4.79 Å². The number of rotatable bonds is 4. The van der Waals surface area contributed by atoms with Gasteiger partial charge in [0.05, 0.1) is 5.56 Å².